The van der Waals surface area contributed by atoms with Gasteiger partial charge in [-0.15, -0.1) is 0 Å². The summed E-state index contributed by atoms with van der Waals surface area (Å²) in [5, 5.41) is 7.96. The van der Waals surface area contributed by atoms with Gasteiger partial charge in [0.25, 0.3) is 0 Å². The molecular weight excluding hydrogens is 234 g/mol. The van der Waals surface area contributed by atoms with Crippen LogP contribution in [0, 0.1) is 13.8 Å². The fourth-order valence-electron chi connectivity index (χ4n) is 2.28. The molecule has 0 amide bonds. The molecule has 2 aromatic rings. The van der Waals surface area contributed by atoms with Crippen LogP contribution in [0.5, 0.6) is 0 Å². The Morgan fingerprint density at radius 2 is 1.95 bits per heavy atom. The van der Waals surface area contributed by atoms with E-state index in [0.717, 1.165) is 19.5 Å². The molecule has 102 valence electrons. The van der Waals surface area contributed by atoms with Gasteiger partial charge in [0.15, 0.2) is 0 Å². The third kappa shape index (κ3) is 3.44. The molecule has 0 saturated carbocycles. The van der Waals surface area contributed by atoms with Crippen molar-refractivity contribution in [1.82, 2.24) is 15.1 Å². The van der Waals surface area contributed by atoms with E-state index in [-0.39, 0.29) is 0 Å². The Balaban J connectivity index is 1.94. The Hall–Kier alpha value is -1.61. The molecule has 0 unspecified atom stereocenters. The summed E-state index contributed by atoms with van der Waals surface area (Å²) in [6, 6.07) is 6.64. The van der Waals surface area contributed by atoms with Gasteiger partial charge >= 0.3 is 0 Å². The number of nitrogens with zero attached hydrogens (tertiary/aromatic N) is 2. The van der Waals surface area contributed by atoms with E-state index in [1.165, 1.54) is 27.9 Å². The Kier molecular flexibility index (Phi) is 4.38. The molecule has 1 N–H and O–H groups in total. The van der Waals surface area contributed by atoms with Crippen molar-refractivity contribution in [2.75, 3.05) is 0 Å². The lowest BCUT2D eigenvalue weighted by Gasteiger charge is -2.07. The van der Waals surface area contributed by atoms with Gasteiger partial charge < -0.3 is 5.32 Å². The molecule has 0 aliphatic carbocycles. The van der Waals surface area contributed by atoms with Crippen LogP contribution in [0.1, 0.15) is 34.9 Å². The number of benzene rings is 1. The van der Waals surface area contributed by atoms with Crippen LogP contribution in [0.4, 0.5) is 0 Å². The molecule has 1 aromatic carbocycles. The monoisotopic (exact) mass is 257 g/mol. The van der Waals surface area contributed by atoms with Crippen molar-refractivity contribution in [3.05, 3.63) is 52.3 Å². The zero-order chi connectivity index (χ0) is 13.8. The molecule has 0 saturated heterocycles. The number of aryl methyl sites for hydroxylation is 4. The maximum Gasteiger partial charge on any atom is 0.0666 e. The Morgan fingerprint density at radius 3 is 2.63 bits per heavy atom. The topological polar surface area (TPSA) is 29.9 Å². The molecule has 0 atom stereocenters. The van der Waals surface area contributed by atoms with Crippen LogP contribution in [0.25, 0.3) is 0 Å². The molecule has 3 heteroatoms. The molecule has 0 aliphatic rings. The first-order chi connectivity index (χ1) is 9.10. The SMILES string of the molecule is CCc1nn(C)cc1CNCc1ccc(C)c(C)c1. The third-order valence-corrected chi connectivity index (χ3v) is 3.54. The number of nitrogens with one attached hydrogen (secondary N) is 1. The summed E-state index contributed by atoms with van der Waals surface area (Å²) in [6.07, 6.45) is 3.09. The molecular formula is C16H23N3. The van der Waals surface area contributed by atoms with Gasteiger partial charge in [0.1, 0.15) is 0 Å². The molecule has 19 heavy (non-hydrogen) atoms. The molecule has 1 aromatic heterocycles. The highest BCUT2D eigenvalue weighted by molar-refractivity contribution is 5.29. The summed E-state index contributed by atoms with van der Waals surface area (Å²) in [5.74, 6) is 0. The van der Waals surface area contributed by atoms with Crippen LogP contribution in [-0.2, 0) is 26.6 Å². The van der Waals surface area contributed by atoms with Crippen LogP contribution in [0.2, 0.25) is 0 Å². The lowest BCUT2D eigenvalue weighted by atomic mass is 10.1. The second kappa shape index (κ2) is 6.02. The van der Waals surface area contributed by atoms with Crippen LogP contribution in [-0.4, -0.2) is 9.78 Å². The lowest BCUT2D eigenvalue weighted by Crippen LogP contribution is -2.13. The van der Waals surface area contributed by atoms with E-state index in [1.807, 2.05) is 11.7 Å². The first kappa shape index (κ1) is 13.8. The minimum Gasteiger partial charge on any atom is -0.308 e. The van der Waals surface area contributed by atoms with Gasteiger partial charge in [-0.1, -0.05) is 25.1 Å². The van der Waals surface area contributed by atoms with Crippen molar-refractivity contribution in [1.29, 1.82) is 0 Å². The summed E-state index contributed by atoms with van der Waals surface area (Å²) in [6.45, 7) is 8.24. The molecule has 0 fully saturated rings. The molecule has 0 spiro atoms. The van der Waals surface area contributed by atoms with Gasteiger partial charge in [0, 0.05) is 31.9 Å². The highest BCUT2D eigenvalue weighted by atomic mass is 15.3. The summed E-state index contributed by atoms with van der Waals surface area (Å²) in [4.78, 5) is 0. The van der Waals surface area contributed by atoms with E-state index in [2.05, 4.69) is 55.6 Å². The highest BCUT2D eigenvalue weighted by Gasteiger charge is 2.05. The quantitative estimate of drug-likeness (QED) is 0.892. The van der Waals surface area contributed by atoms with Crippen LogP contribution in [0.15, 0.2) is 24.4 Å². The molecule has 2 rings (SSSR count). The smallest absolute Gasteiger partial charge is 0.0666 e. The number of aromatic nitrogens is 2. The zero-order valence-corrected chi connectivity index (χ0v) is 12.3. The van der Waals surface area contributed by atoms with Crippen LogP contribution in [0.3, 0.4) is 0 Å². The van der Waals surface area contributed by atoms with E-state index < -0.39 is 0 Å². The first-order valence-electron chi connectivity index (χ1n) is 6.88. The van der Waals surface area contributed by atoms with E-state index in [9.17, 15) is 0 Å². The second-order valence-electron chi connectivity index (χ2n) is 5.15. The third-order valence-electron chi connectivity index (χ3n) is 3.54. The average Bonchev–Trinajstić information content (AvgIpc) is 2.74. The van der Waals surface area contributed by atoms with Gasteiger partial charge in [-0.2, -0.15) is 5.10 Å². The predicted octanol–water partition coefficient (Wildman–Crippen LogP) is 2.89. The van der Waals surface area contributed by atoms with Gasteiger partial charge in [-0.3, -0.25) is 4.68 Å². The van der Waals surface area contributed by atoms with E-state index in [4.69, 9.17) is 0 Å². The number of hydrogen-bond donors (Lipinski definition) is 1. The largest absolute Gasteiger partial charge is 0.308 e. The fourth-order valence-corrected chi connectivity index (χ4v) is 2.28. The van der Waals surface area contributed by atoms with Gasteiger partial charge in [0.2, 0.25) is 0 Å². The minimum absolute atomic E-state index is 0.879. The summed E-state index contributed by atoms with van der Waals surface area (Å²) >= 11 is 0. The second-order valence-corrected chi connectivity index (χ2v) is 5.15. The molecule has 1 heterocycles. The van der Waals surface area contributed by atoms with Crippen molar-refractivity contribution in [3.8, 4) is 0 Å². The van der Waals surface area contributed by atoms with Crippen molar-refractivity contribution in [2.45, 2.75) is 40.3 Å². The minimum atomic E-state index is 0.879. The van der Waals surface area contributed by atoms with Crippen molar-refractivity contribution >= 4 is 0 Å². The van der Waals surface area contributed by atoms with Crippen LogP contribution >= 0.6 is 0 Å². The maximum absolute atomic E-state index is 4.46. The summed E-state index contributed by atoms with van der Waals surface area (Å²) in [5.41, 5.74) is 6.54. The Labute approximate surface area is 115 Å². The summed E-state index contributed by atoms with van der Waals surface area (Å²) < 4.78 is 1.89. The predicted molar refractivity (Wildman–Crippen MR) is 79.0 cm³/mol. The van der Waals surface area contributed by atoms with Gasteiger partial charge in [0.05, 0.1) is 5.69 Å². The zero-order valence-electron chi connectivity index (χ0n) is 12.3. The summed E-state index contributed by atoms with van der Waals surface area (Å²) in [7, 11) is 1.98. The average molecular weight is 257 g/mol. The maximum atomic E-state index is 4.46. The number of hydrogen-bond acceptors (Lipinski definition) is 2. The molecule has 0 bridgehead atoms. The molecule has 3 nitrogen and oxygen atoms in total. The van der Waals surface area contributed by atoms with E-state index in [1.54, 1.807) is 0 Å². The highest BCUT2D eigenvalue weighted by Crippen LogP contribution is 2.11. The fraction of sp³-hybridized carbons (Fsp3) is 0.438. The normalized spacial score (nSPS) is 10.9. The van der Waals surface area contributed by atoms with Crippen molar-refractivity contribution < 1.29 is 0 Å². The van der Waals surface area contributed by atoms with Crippen molar-refractivity contribution in [2.24, 2.45) is 7.05 Å². The Bertz CT molecular complexity index is 555. The Morgan fingerprint density at radius 1 is 1.16 bits per heavy atom. The van der Waals surface area contributed by atoms with Crippen LogP contribution < -0.4 is 5.32 Å². The number of rotatable bonds is 5. The van der Waals surface area contributed by atoms with Gasteiger partial charge in [-0.25, -0.2) is 0 Å². The van der Waals surface area contributed by atoms with E-state index >= 15 is 0 Å². The molecule has 0 radical (unpaired) electrons. The molecule has 0 aliphatic heterocycles. The van der Waals surface area contributed by atoms with E-state index in [0.29, 0.717) is 0 Å². The lowest BCUT2D eigenvalue weighted by molar-refractivity contribution is 0.687. The first-order valence-corrected chi connectivity index (χ1v) is 6.88. The van der Waals surface area contributed by atoms with Crippen molar-refractivity contribution in [3.63, 3.8) is 0 Å². The van der Waals surface area contributed by atoms with Gasteiger partial charge in [-0.05, 0) is 37.0 Å². The standard InChI is InChI=1S/C16H23N3/c1-5-16-15(11-19(4)18-16)10-17-9-14-7-6-12(2)13(3)8-14/h6-8,11,17H,5,9-10H2,1-4H3.